The Kier molecular flexibility index (Phi) is 4.07. The highest BCUT2D eigenvalue weighted by Crippen LogP contribution is 2.14. The Morgan fingerprint density at radius 2 is 2.00 bits per heavy atom. The van der Waals surface area contributed by atoms with Gasteiger partial charge in [0.05, 0.1) is 6.04 Å². The van der Waals surface area contributed by atoms with E-state index in [9.17, 15) is 9.59 Å². The SMILES string of the molecule is O=C(CCN1CCN2C(=O)NCC2C1)N1CCNCC1. The summed E-state index contributed by atoms with van der Waals surface area (Å²) in [5, 5.41) is 6.13. The highest BCUT2D eigenvalue weighted by molar-refractivity contribution is 5.77. The van der Waals surface area contributed by atoms with Crippen molar-refractivity contribution < 1.29 is 9.59 Å². The summed E-state index contributed by atoms with van der Waals surface area (Å²) in [5.41, 5.74) is 0. The molecule has 1 unspecified atom stereocenters. The van der Waals surface area contributed by atoms with Crippen LogP contribution >= 0.6 is 0 Å². The van der Waals surface area contributed by atoms with Crippen LogP contribution in [0.15, 0.2) is 0 Å². The van der Waals surface area contributed by atoms with E-state index in [0.29, 0.717) is 6.42 Å². The molecular weight excluding hydrogens is 258 g/mol. The van der Waals surface area contributed by atoms with Gasteiger partial charge in [0.1, 0.15) is 0 Å². The minimum Gasteiger partial charge on any atom is -0.340 e. The summed E-state index contributed by atoms with van der Waals surface area (Å²) in [6.07, 6.45) is 0.591. The van der Waals surface area contributed by atoms with Gasteiger partial charge in [-0.25, -0.2) is 4.79 Å². The summed E-state index contributed by atoms with van der Waals surface area (Å²) in [6.45, 7) is 7.54. The molecule has 1 atom stereocenters. The number of hydrogen-bond donors (Lipinski definition) is 2. The second kappa shape index (κ2) is 5.97. The number of fused-ring (bicyclic) bond motifs is 1. The maximum Gasteiger partial charge on any atom is 0.317 e. The minimum atomic E-state index is 0.0616. The van der Waals surface area contributed by atoms with E-state index in [0.717, 1.165) is 58.9 Å². The molecule has 3 heterocycles. The molecule has 0 aromatic heterocycles. The van der Waals surface area contributed by atoms with E-state index in [1.165, 1.54) is 0 Å². The summed E-state index contributed by atoms with van der Waals surface area (Å²) in [6, 6.07) is 0.345. The maximum atomic E-state index is 12.1. The molecule has 20 heavy (non-hydrogen) atoms. The lowest BCUT2D eigenvalue weighted by Crippen LogP contribution is -2.53. The van der Waals surface area contributed by atoms with Crippen LogP contribution in [0.2, 0.25) is 0 Å². The van der Waals surface area contributed by atoms with Gasteiger partial charge in [-0.15, -0.1) is 0 Å². The molecule has 112 valence electrons. The topological polar surface area (TPSA) is 67.9 Å². The summed E-state index contributed by atoms with van der Waals surface area (Å²) in [5.74, 6) is 0.259. The second-order valence-electron chi connectivity index (χ2n) is 5.71. The van der Waals surface area contributed by atoms with Gasteiger partial charge < -0.3 is 20.4 Å². The quantitative estimate of drug-likeness (QED) is 0.662. The number of urea groups is 1. The fourth-order valence-corrected chi connectivity index (χ4v) is 3.20. The van der Waals surface area contributed by atoms with Crippen molar-refractivity contribution in [2.45, 2.75) is 12.5 Å². The van der Waals surface area contributed by atoms with Crippen molar-refractivity contribution in [2.24, 2.45) is 0 Å². The van der Waals surface area contributed by atoms with Crippen molar-refractivity contribution in [3.8, 4) is 0 Å². The van der Waals surface area contributed by atoms with Crippen molar-refractivity contribution in [1.82, 2.24) is 25.3 Å². The molecule has 0 aliphatic carbocycles. The third-order valence-corrected chi connectivity index (χ3v) is 4.43. The summed E-state index contributed by atoms with van der Waals surface area (Å²) in [4.78, 5) is 29.8. The summed E-state index contributed by atoms with van der Waals surface area (Å²) < 4.78 is 0. The molecule has 0 aromatic carbocycles. The van der Waals surface area contributed by atoms with Crippen molar-refractivity contribution in [3.05, 3.63) is 0 Å². The van der Waals surface area contributed by atoms with Gasteiger partial charge in [-0.2, -0.15) is 0 Å². The Morgan fingerprint density at radius 1 is 1.20 bits per heavy atom. The van der Waals surface area contributed by atoms with Crippen molar-refractivity contribution >= 4 is 11.9 Å². The van der Waals surface area contributed by atoms with Crippen molar-refractivity contribution in [1.29, 1.82) is 0 Å². The Labute approximate surface area is 119 Å². The molecule has 3 saturated heterocycles. The standard InChI is InChI=1S/C13H23N5O2/c19-12(17-5-2-14-3-6-17)1-4-16-7-8-18-11(10-16)9-15-13(18)20/h11,14H,1-10H2,(H,15,20). The normalized spacial score (nSPS) is 27.4. The molecule has 0 aromatic rings. The first kappa shape index (κ1) is 13.6. The molecule has 7 nitrogen and oxygen atoms in total. The number of carbonyl (C=O) groups excluding carboxylic acids is 2. The number of nitrogens with zero attached hydrogens (tertiary/aromatic N) is 3. The third kappa shape index (κ3) is 2.88. The van der Waals surface area contributed by atoms with Gasteiger partial charge in [-0.3, -0.25) is 9.69 Å². The number of carbonyl (C=O) groups is 2. The number of nitrogens with one attached hydrogen (secondary N) is 2. The van der Waals surface area contributed by atoms with Crippen LogP contribution < -0.4 is 10.6 Å². The molecule has 3 aliphatic heterocycles. The average molecular weight is 281 g/mol. The molecule has 0 spiro atoms. The molecule has 7 heteroatoms. The Balaban J connectivity index is 1.42. The number of rotatable bonds is 3. The first-order valence-electron chi connectivity index (χ1n) is 7.49. The van der Waals surface area contributed by atoms with Crippen LogP contribution in [-0.4, -0.2) is 91.6 Å². The molecule has 0 bridgehead atoms. The van der Waals surface area contributed by atoms with Gasteiger partial charge >= 0.3 is 6.03 Å². The van der Waals surface area contributed by atoms with Crippen LogP contribution in [0.3, 0.4) is 0 Å². The zero-order valence-electron chi connectivity index (χ0n) is 11.8. The lowest BCUT2D eigenvalue weighted by atomic mass is 10.2. The molecule has 2 N–H and O–H groups in total. The summed E-state index contributed by atoms with van der Waals surface area (Å²) >= 11 is 0. The molecule has 0 saturated carbocycles. The van der Waals surface area contributed by atoms with Crippen LogP contribution in [0.5, 0.6) is 0 Å². The molecular formula is C13H23N5O2. The van der Waals surface area contributed by atoms with E-state index in [-0.39, 0.29) is 18.0 Å². The zero-order valence-corrected chi connectivity index (χ0v) is 11.8. The highest BCUT2D eigenvalue weighted by Gasteiger charge is 2.35. The van der Waals surface area contributed by atoms with Gasteiger partial charge in [-0.05, 0) is 0 Å². The van der Waals surface area contributed by atoms with Gasteiger partial charge in [0, 0.05) is 65.3 Å². The predicted molar refractivity (Wildman–Crippen MR) is 74.4 cm³/mol. The van der Waals surface area contributed by atoms with Crippen LogP contribution in [0.25, 0.3) is 0 Å². The molecule has 0 radical (unpaired) electrons. The minimum absolute atomic E-state index is 0.0616. The third-order valence-electron chi connectivity index (χ3n) is 4.43. The lowest BCUT2D eigenvalue weighted by Gasteiger charge is -2.36. The first-order valence-corrected chi connectivity index (χ1v) is 7.49. The molecule has 3 aliphatic rings. The van der Waals surface area contributed by atoms with E-state index in [2.05, 4.69) is 15.5 Å². The largest absolute Gasteiger partial charge is 0.340 e. The Hall–Kier alpha value is -1.34. The van der Waals surface area contributed by atoms with Gasteiger partial charge in [0.2, 0.25) is 5.91 Å². The maximum absolute atomic E-state index is 12.1. The fourth-order valence-electron chi connectivity index (χ4n) is 3.20. The predicted octanol–water partition coefficient (Wildman–Crippen LogP) is -1.48. The average Bonchev–Trinajstić information content (AvgIpc) is 2.87. The van der Waals surface area contributed by atoms with Gasteiger partial charge in [-0.1, -0.05) is 0 Å². The van der Waals surface area contributed by atoms with Crippen molar-refractivity contribution in [3.63, 3.8) is 0 Å². The smallest absolute Gasteiger partial charge is 0.317 e. The van der Waals surface area contributed by atoms with Crippen LogP contribution in [0.4, 0.5) is 4.79 Å². The molecule has 3 amide bonds. The lowest BCUT2D eigenvalue weighted by molar-refractivity contribution is -0.132. The van der Waals surface area contributed by atoms with Crippen LogP contribution in [0, 0.1) is 0 Å². The van der Waals surface area contributed by atoms with E-state index in [4.69, 9.17) is 0 Å². The first-order chi connectivity index (χ1) is 9.74. The summed E-state index contributed by atoms with van der Waals surface area (Å²) in [7, 11) is 0. The van der Waals surface area contributed by atoms with Gasteiger partial charge in [0.25, 0.3) is 0 Å². The Bertz CT molecular complexity index is 383. The Morgan fingerprint density at radius 3 is 2.80 bits per heavy atom. The van der Waals surface area contributed by atoms with Crippen LogP contribution in [-0.2, 0) is 4.79 Å². The number of hydrogen-bond acceptors (Lipinski definition) is 4. The van der Waals surface area contributed by atoms with E-state index in [1.54, 1.807) is 0 Å². The van der Waals surface area contributed by atoms with Crippen molar-refractivity contribution in [2.75, 3.05) is 58.9 Å². The molecule has 3 fully saturated rings. The monoisotopic (exact) mass is 281 g/mol. The van der Waals surface area contributed by atoms with Crippen LogP contribution in [0.1, 0.15) is 6.42 Å². The van der Waals surface area contributed by atoms with Gasteiger partial charge in [0.15, 0.2) is 0 Å². The number of piperazine rings is 2. The highest BCUT2D eigenvalue weighted by atomic mass is 16.2. The number of amides is 3. The second-order valence-corrected chi connectivity index (χ2v) is 5.71. The zero-order chi connectivity index (χ0) is 13.9. The van der Waals surface area contributed by atoms with E-state index >= 15 is 0 Å². The fraction of sp³-hybridized carbons (Fsp3) is 0.846. The molecule has 3 rings (SSSR count). The van der Waals surface area contributed by atoms with E-state index in [1.807, 2.05) is 9.80 Å². The van der Waals surface area contributed by atoms with E-state index < -0.39 is 0 Å².